The lowest BCUT2D eigenvalue weighted by Crippen LogP contribution is -2.06. The van der Waals surface area contributed by atoms with Gasteiger partial charge in [-0.05, 0) is 57.1 Å². The van der Waals surface area contributed by atoms with Crippen LogP contribution in [0.3, 0.4) is 0 Å². The molecule has 4 heteroatoms. The zero-order valence-corrected chi connectivity index (χ0v) is 11.0. The number of hydrogen-bond acceptors (Lipinski definition) is 2. The Morgan fingerprint density at radius 2 is 2.15 bits per heavy atom. The average Bonchev–Trinajstić information content (AvgIpc) is 2.12. The number of esters is 1. The number of ether oxygens (including phenoxy) is 1. The van der Waals surface area contributed by atoms with Gasteiger partial charge in [-0.1, -0.05) is 6.07 Å². The van der Waals surface area contributed by atoms with Crippen LogP contribution in [0.25, 0.3) is 0 Å². The van der Waals surface area contributed by atoms with Crippen molar-refractivity contribution in [3.8, 4) is 0 Å². The van der Waals surface area contributed by atoms with Crippen LogP contribution in [0.2, 0.25) is 0 Å². The Balaban J connectivity index is 3.33. The van der Waals surface area contributed by atoms with Crippen molar-refractivity contribution in [1.29, 1.82) is 0 Å². The molecule has 0 aliphatic rings. The van der Waals surface area contributed by atoms with Crippen molar-refractivity contribution in [3.63, 3.8) is 0 Å². The highest BCUT2D eigenvalue weighted by Gasteiger charge is 2.15. The number of rotatable bonds is 1. The van der Waals surface area contributed by atoms with E-state index in [1.54, 1.807) is 0 Å². The van der Waals surface area contributed by atoms with E-state index in [1.807, 2.05) is 19.1 Å². The van der Waals surface area contributed by atoms with Crippen molar-refractivity contribution in [2.24, 2.45) is 0 Å². The second-order valence-corrected chi connectivity index (χ2v) is 4.48. The molecule has 0 saturated carbocycles. The Labute approximate surface area is 98.9 Å². The van der Waals surface area contributed by atoms with Crippen molar-refractivity contribution >= 4 is 44.5 Å². The molecule has 0 saturated heterocycles. The van der Waals surface area contributed by atoms with Gasteiger partial charge >= 0.3 is 5.97 Å². The van der Waals surface area contributed by atoms with E-state index >= 15 is 0 Å². The summed E-state index contributed by atoms with van der Waals surface area (Å²) in [6.07, 6.45) is 0. The van der Waals surface area contributed by atoms with Crippen LogP contribution in [-0.4, -0.2) is 13.1 Å². The summed E-state index contributed by atoms with van der Waals surface area (Å²) in [5.74, 6) is -0.306. The molecule has 70 valence electrons. The summed E-state index contributed by atoms with van der Waals surface area (Å²) in [6.45, 7) is 1.96. The minimum Gasteiger partial charge on any atom is -0.465 e. The van der Waals surface area contributed by atoms with Crippen LogP contribution < -0.4 is 0 Å². The number of benzene rings is 1. The Bertz CT molecular complexity index is 350. The highest BCUT2D eigenvalue weighted by atomic mass is 127. The van der Waals surface area contributed by atoms with E-state index in [1.165, 1.54) is 7.11 Å². The molecule has 0 amide bonds. The van der Waals surface area contributed by atoms with Crippen LogP contribution in [0.15, 0.2) is 16.6 Å². The highest BCUT2D eigenvalue weighted by Crippen LogP contribution is 2.25. The summed E-state index contributed by atoms with van der Waals surface area (Å²) in [5, 5.41) is 0. The van der Waals surface area contributed by atoms with E-state index < -0.39 is 0 Å². The molecule has 0 atom stereocenters. The molecule has 1 aromatic carbocycles. The molecule has 2 nitrogen and oxygen atoms in total. The molecule has 0 unspecified atom stereocenters. The second-order valence-electron chi connectivity index (χ2n) is 2.54. The van der Waals surface area contributed by atoms with Gasteiger partial charge in [0.2, 0.25) is 0 Å². The van der Waals surface area contributed by atoms with Crippen LogP contribution in [0.4, 0.5) is 0 Å². The molecule has 0 spiro atoms. The maximum Gasteiger partial charge on any atom is 0.340 e. The normalized spacial score (nSPS) is 9.85. The fraction of sp³-hybridized carbons (Fsp3) is 0.222. The van der Waals surface area contributed by atoms with E-state index in [0.717, 1.165) is 13.6 Å². The molecule has 0 aromatic heterocycles. The number of hydrogen-bond donors (Lipinski definition) is 0. The van der Waals surface area contributed by atoms with E-state index in [2.05, 4.69) is 43.3 Å². The third kappa shape index (κ3) is 2.22. The summed E-state index contributed by atoms with van der Waals surface area (Å²) in [7, 11) is 1.38. The Morgan fingerprint density at radius 1 is 1.54 bits per heavy atom. The molecule has 0 aliphatic carbocycles. The third-order valence-corrected chi connectivity index (χ3v) is 3.72. The Hall–Kier alpha value is -0.100. The first-order valence-corrected chi connectivity index (χ1v) is 5.48. The summed E-state index contributed by atoms with van der Waals surface area (Å²) >= 11 is 5.46. The highest BCUT2D eigenvalue weighted by molar-refractivity contribution is 14.1. The topological polar surface area (TPSA) is 26.3 Å². The average molecular weight is 355 g/mol. The van der Waals surface area contributed by atoms with Crippen molar-refractivity contribution in [1.82, 2.24) is 0 Å². The molecule has 0 heterocycles. The summed E-state index contributed by atoms with van der Waals surface area (Å²) in [4.78, 5) is 11.4. The SMILES string of the molecule is COC(=O)c1c(Br)ccc(C)c1I. The smallest absolute Gasteiger partial charge is 0.340 e. The molecule has 0 bridgehead atoms. The maximum atomic E-state index is 11.4. The molecule has 0 radical (unpaired) electrons. The largest absolute Gasteiger partial charge is 0.465 e. The van der Waals surface area contributed by atoms with Crippen LogP contribution >= 0.6 is 38.5 Å². The van der Waals surface area contributed by atoms with Gasteiger partial charge < -0.3 is 4.74 Å². The van der Waals surface area contributed by atoms with Crippen LogP contribution in [0.5, 0.6) is 0 Å². The molecule has 0 fully saturated rings. The quantitative estimate of drug-likeness (QED) is 0.572. The van der Waals surface area contributed by atoms with Crippen molar-refractivity contribution in [3.05, 3.63) is 31.3 Å². The lowest BCUT2D eigenvalue weighted by Gasteiger charge is -2.07. The van der Waals surface area contributed by atoms with Gasteiger partial charge in [-0.2, -0.15) is 0 Å². The Kier molecular flexibility index (Phi) is 3.73. The first-order valence-electron chi connectivity index (χ1n) is 3.61. The predicted molar refractivity (Wildman–Crippen MR) is 62.9 cm³/mol. The van der Waals surface area contributed by atoms with Gasteiger partial charge in [0, 0.05) is 8.04 Å². The minimum absolute atomic E-state index is 0.306. The monoisotopic (exact) mass is 354 g/mol. The molecular weight excluding hydrogens is 347 g/mol. The number of carbonyl (C=O) groups excluding carboxylic acids is 1. The molecule has 0 aliphatic heterocycles. The zero-order valence-electron chi connectivity index (χ0n) is 7.23. The van der Waals surface area contributed by atoms with Gasteiger partial charge in [0.25, 0.3) is 0 Å². The molecule has 0 N–H and O–H groups in total. The Morgan fingerprint density at radius 3 is 2.69 bits per heavy atom. The number of aryl methyl sites for hydroxylation is 1. The van der Waals surface area contributed by atoms with Crippen molar-refractivity contribution in [2.75, 3.05) is 7.11 Å². The van der Waals surface area contributed by atoms with Gasteiger partial charge in [0.15, 0.2) is 0 Å². The van der Waals surface area contributed by atoms with E-state index in [-0.39, 0.29) is 5.97 Å². The molecule has 13 heavy (non-hydrogen) atoms. The zero-order chi connectivity index (χ0) is 10.0. The van der Waals surface area contributed by atoms with Gasteiger partial charge in [0.05, 0.1) is 12.7 Å². The fourth-order valence-electron chi connectivity index (χ4n) is 0.946. The number of carbonyl (C=O) groups is 1. The number of halogens is 2. The number of methoxy groups -OCH3 is 1. The molecule has 1 aromatic rings. The van der Waals surface area contributed by atoms with Crippen molar-refractivity contribution < 1.29 is 9.53 Å². The molecule has 1 rings (SSSR count). The van der Waals surface area contributed by atoms with Gasteiger partial charge in [-0.15, -0.1) is 0 Å². The maximum absolute atomic E-state index is 11.4. The predicted octanol–water partition coefficient (Wildman–Crippen LogP) is 3.15. The lowest BCUT2D eigenvalue weighted by atomic mass is 10.1. The lowest BCUT2D eigenvalue weighted by molar-refractivity contribution is 0.0598. The first kappa shape index (κ1) is 11.0. The minimum atomic E-state index is -0.306. The summed E-state index contributed by atoms with van der Waals surface area (Å²) < 4.78 is 6.38. The first-order chi connectivity index (χ1) is 6.07. The summed E-state index contributed by atoms with van der Waals surface area (Å²) in [5.41, 5.74) is 1.67. The van der Waals surface area contributed by atoms with E-state index in [9.17, 15) is 4.79 Å². The van der Waals surface area contributed by atoms with Crippen LogP contribution in [0, 0.1) is 10.5 Å². The molecular formula is C9H8BrIO2. The van der Waals surface area contributed by atoms with E-state index in [0.29, 0.717) is 5.56 Å². The van der Waals surface area contributed by atoms with Gasteiger partial charge in [0.1, 0.15) is 0 Å². The third-order valence-electron chi connectivity index (χ3n) is 1.67. The van der Waals surface area contributed by atoms with Crippen molar-refractivity contribution in [2.45, 2.75) is 6.92 Å². The second kappa shape index (κ2) is 4.41. The van der Waals surface area contributed by atoms with Crippen LogP contribution in [-0.2, 0) is 4.74 Å². The fourth-order valence-corrected chi connectivity index (χ4v) is 2.50. The van der Waals surface area contributed by atoms with Gasteiger partial charge in [-0.3, -0.25) is 0 Å². The van der Waals surface area contributed by atoms with Gasteiger partial charge in [-0.25, -0.2) is 4.79 Å². The van der Waals surface area contributed by atoms with Crippen LogP contribution in [0.1, 0.15) is 15.9 Å². The standard InChI is InChI=1S/C9H8BrIO2/c1-5-3-4-6(10)7(8(5)11)9(12)13-2/h3-4H,1-2H3. The summed E-state index contributed by atoms with van der Waals surface area (Å²) in [6, 6.07) is 3.81. The van der Waals surface area contributed by atoms with E-state index in [4.69, 9.17) is 0 Å².